The Balaban J connectivity index is 1.30. The number of para-hydroxylation sites is 1. The van der Waals surface area contributed by atoms with Crippen molar-refractivity contribution in [1.82, 2.24) is 15.3 Å². The lowest BCUT2D eigenvalue weighted by Crippen LogP contribution is -2.31. The summed E-state index contributed by atoms with van der Waals surface area (Å²) in [5.41, 5.74) is 8.23. The van der Waals surface area contributed by atoms with Crippen molar-refractivity contribution in [3.8, 4) is 11.6 Å². The number of hydrogen-bond acceptors (Lipinski definition) is 6. The first-order valence-corrected chi connectivity index (χ1v) is 10.0. The molecule has 0 aliphatic heterocycles. The van der Waals surface area contributed by atoms with E-state index >= 15 is 0 Å². The molecule has 0 saturated heterocycles. The number of carbonyl (C=O) groups excluding carboxylic acids is 1. The third-order valence-electron chi connectivity index (χ3n) is 5.11. The van der Waals surface area contributed by atoms with E-state index in [1.54, 1.807) is 18.2 Å². The second kappa shape index (κ2) is 9.03. The van der Waals surface area contributed by atoms with Crippen LogP contribution in [-0.4, -0.2) is 51.9 Å². The van der Waals surface area contributed by atoms with Crippen LogP contribution in [0, 0.1) is 0 Å². The highest BCUT2D eigenvalue weighted by Gasteiger charge is 2.14. The summed E-state index contributed by atoms with van der Waals surface area (Å²) in [6.07, 6.45) is 1.21. The van der Waals surface area contributed by atoms with E-state index in [2.05, 4.69) is 15.3 Å². The largest absolute Gasteiger partial charge is 0.507 e. The minimum atomic E-state index is -0.605. The molecule has 1 atom stereocenters. The van der Waals surface area contributed by atoms with E-state index in [4.69, 9.17) is 10.5 Å². The number of aromatic hydroxyl groups is 1. The molecular formula is C23H24N4O4. The summed E-state index contributed by atoms with van der Waals surface area (Å²) >= 11 is 0. The number of aliphatic hydroxyl groups excluding tert-OH is 1. The number of rotatable bonds is 9. The lowest BCUT2D eigenvalue weighted by Gasteiger charge is -2.13. The normalized spacial score (nSPS) is 12.3. The molecular weight excluding hydrogens is 396 g/mol. The molecule has 2 heterocycles. The third-order valence-corrected chi connectivity index (χ3v) is 5.11. The molecule has 6 N–H and O–H groups in total. The molecule has 4 aromatic rings. The van der Waals surface area contributed by atoms with Gasteiger partial charge in [-0.25, -0.2) is 4.98 Å². The number of fused-ring (bicyclic) bond motifs is 3. The predicted molar refractivity (Wildman–Crippen MR) is 118 cm³/mol. The smallest absolute Gasteiger partial charge is 0.250 e. The molecule has 8 heteroatoms. The van der Waals surface area contributed by atoms with Gasteiger partial charge in [-0.1, -0.05) is 24.3 Å². The van der Waals surface area contributed by atoms with Crippen LogP contribution in [0.15, 0.2) is 54.7 Å². The van der Waals surface area contributed by atoms with Gasteiger partial charge in [-0.3, -0.25) is 4.79 Å². The van der Waals surface area contributed by atoms with Gasteiger partial charge in [-0.15, -0.1) is 0 Å². The Morgan fingerprint density at radius 1 is 1.19 bits per heavy atom. The zero-order valence-corrected chi connectivity index (χ0v) is 16.8. The highest BCUT2D eigenvalue weighted by molar-refractivity contribution is 6.11. The molecule has 4 rings (SSSR count). The number of benzene rings is 2. The maximum absolute atomic E-state index is 11.0. The van der Waals surface area contributed by atoms with Crippen LogP contribution >= 0.6 is 0 Å². The predicted octanol–water partition coefficient (Wildman–Crippen LogP) is 2.09. The summed E-state index contributed by atoms with van der Waals surface area (Å²) in [6, 6.07) is 14.5. The van der Waals surface area contributed by atoms with Crippen molar-refractivity contribution in [2.75, 3.05) is 19.7 Å². The first kappa shape index (κ1) is 20.6. The van der Waals surface area contributed by atoms with Gasteiger partial charge < -0.3 is 31.0 Å². The van der Waals surface area contributed by atoms with Crippen LogP contribution in [-0.2, 0) is 6.42 Å². The number of hydrogen-bond donors (Lipinski definition) is 5. The number of phenols is 1. The Hall–Kier alpha value is -3.62. The van der Waals surface area contributed by atoms with Crippen molar-refractivity contribution in [3.63, 3.8) is 0 Å². The van der Waals surface area contributed by atoms with E-state index in [9.17, 15) is 15.0 Å². The average molecular weight is 420 g/mol. The Morgan fingerprint density at radius 3 is 2.81 bits per heavy atom. The number of aromatic amines is 1. The van der Waals surface area contributed by atoms with Gasteiger partial charge in [0.25, 0.3) is 0 Å². The van der Waals surface area contributed by atoms with Crippen molar-refractivity contribution < 1.29 is 19.7 Å². The summed E-state index contributed by atoms with van der Waals surface area (Å²) < 4.78 is 5.51. The molecule has 0 bridgehead atoms. The van der Waals surface area contributed by atoms with Crippen LogP contribution in [0.25, 0.3) is 21.8 Å². The fourth-order valence-electron chi connectivity index (χ4n) is 3.60. The van der Waals surface area contributed by atoms with E-state index in [-0.39, 0.29) is 5.75 Å². The molecule has 160 valence electrons. The number of amides is 1. The van der Waals surface area contributed by atoms with Gasteiger partial charge in [0.05, 0.1) is 17.2 Å². The van der Waals surface area contributed by atoms with Crippen LogP contribution in [0.1, 0.15) is 15.9 Å². The molecule has 2 aromatic heterocycles. The number of ether oxygens (including phenoxy) is 1. The maximum atomic E-state index is 11.0. The topological polar surface area (TPSA) is 133 Å². The van der Waals surface area contributed by atoms with Crippen LogP contribution in [0.3, 0.4) is 0 Å². The standard InChI is InChI=1S/C23H24N4O4/c24-23(30)15-6-8-20(26-12-15)31-10-9-25-13-16(28)11-14-5-7-19(29)21-17-3-1-2-4-18(17)27-22(14)21/h1-8,12,16,25,27-29H,9-11,13H2,(H2,24,30). The summed E-state index contributed by atoms with van der Waals surface area (Å²) in [6.45, 7) is 1.27. The summed E-state index contributed by atoms with van der Waals surface area (Å²) in [7, 11) is 0. The zero-order chi connectivity index (χ0) is 21.8. The second-order valence-electron chi connectivity index (χ2n) is 7.32. The van der Waals surface area contributed by atoms with Crippen molar-refractivity contribution in [3.05, 3.63) is 65.9 Å². The number of nitrogens with one attached hydrogen (secondary N) is 2. The number of carbonyl (C=O) groups is 1. The number of nitrogens with two attached hydrogens (primary N) is 1. The first-order valence-electron chi connectivity index (χ1n) is 10.0. The summed E-state index contributed by atoms with van der Waals surface area (Å²) in [5.74, 6) is 0.0872. The van der Waals surface area contributed by atoms with E-state index < -0.39 is 12.0 Å². The highest BCUT2D eigenvalue weighted by atomic mass is 16.5. The maximum Gasteiger partial charge on any atom is 0.250 e. The van der Waals surface area contributed by atoms with Gasteiger partial charge >= 0.3 is 0 Å². The molecule has 0 radical (unpaired) electrons. The first-order chi connectivity index (χ1) is 15.0. The van der Waals surface area contributed by atoms with Gasteiger partial charge in [-0.2, -0.15) is 0 Å². The fraction of sp³-hybridized carbons (Fsp3) is 0.217. The number of pyridine rings is 1. The SMILES string of the molecule is NC(=O)c1ccc(OCCNCC(O)Cc2ccc(O)c3c2[nH]c2ccccc23)nc1. The Bertz CT molecular complexity index is 1200. The monoisotopic (exact) mass is 420 g/mol. The third kappa shape index (κ3) is 4.60. The summed E-state index contributed by atoms with van der Waals surface area (Å²) in [5, 5.41) is 25.7. The Kier molecular flexibility index (Phi) is 6.01. The number of aliphatic hydroxyl groups is 1. The minimum Gasteiger partial charge on any atom is -0.507 e. The van der Waals surface area contributed by atoms with E-state index in [1.165, 1.54) is 6.20 Å². The van der Waals surface area contributed by atoms with Gasteiger partial charge in [0.15, 0.2) is 0 Å². The molecule has 0 aliphatic rings. The Labute approximate surface area is 178 Å². The average Bonchev–Trinajstić information content (AvgIpc) is 3.16. The van der Waals surface area contributed by atoms with Gasteiger partial charge in [0.2, 0.25) is 11.8 Å². The van der Waals surface area contributed by atoms with Gasteiger partial charge in [-0.05, 0) is 23.8 Å². The van der Waals surface area contributed by atoms with Crippen molar-refractivity contribution in [2.24, 2.45) is 5.73 Å². The van der Waals surface area contributed by atoms with Crippen molar-refractivity contribution in [2.45, 2.75) is 12.5 Å². The zero-order valence-electron chi connectivity index (χ0n) is 16.8. The van der Waals surface area contributed by atoms with Crippen LogP contribution in [0.5, 0.6) is 11.6 Å². The van der Waals surface area contributed by atoms with Crippen molar-refractivity contribution in [1.29, 1.82) is 0 Å². The van der Waals surface area contributed by atoms with Crippen LogP contribution < -0.4 is 15.8 Å². The van der Waals surface area contributed by atoms with Gasteiger partial charge in [0, 0.05) is 48.1 Å². The van der Waals surface area contributed by atoms with E-state index in [0.717, 1.165) is 27.4 Å². The molecule has 2 aromatic carbocycles. The molecule has 0 saturated carbocycles. The lowest BCUT2D eigenvalue weighted by atomic mass is 10.0. The lowest BCUT2D eigenvalue weighted by molar-refractivity contribution is 0.1000. The molecule has 1 amide bonds. The Morgan fingerprint density at radius 2 is 2.03 bits per heavy atom. The van der Waals surface area contributed by atoms with Crippen molar-refractivity contribution >= 4 is 27.7 Å². The molecule has 1 unspecified atom stereocenters. The quantitative estimate of drug-likeness (QED) is 0.263. The highest BCUT2D eigenvalue weighted by Crippen LogP contribution is 2.34. The summed E-state index contributed by atoms with van der Waals surface area (Å²) in [4.78, 5) is 18.4. The molecule has 8 nitrogen and oxygen atoms in total. The number of primary amides is 1. The number of phenolic OH excluding ortho intramolecular Hbond substituents is 1. The van der Waals surface area contributed by atoms with E-state index in [1.807, 2.05) is 30.3 Å². The second-order valence-corrected chi connectivity index (χ2v) is 7.32. The molecule has 0 spiro atoms. The van der Waals surface area contributed by atoms with E-state index in [0.29, 0.717) is 37.6 Å². The number of nitrogens with zero attached hydrogens (tertiary/aromatic N) is 1. The van der Waals surface area contributed by atoms with Gasteiger partial charge in [0.1, 0.15) is 12.4 Å². The van der Waals surface area contributed by atoms with Crippen LogP contribution in [0.2, 0.25) is 0 Å². The molecule has 31 heavy (non-hydrogen) atoms. The minimum absolute atomic E-state index is 0.221. The number of aromatic nitrogens is 2. The number of H-pyrrole nitrogens is 1. The molecule has 0 fully saturated rings. The van der Waals surface area contributed by atoms with Crippen LogP contribution in [0.4, 0.5) is 0 Å². The molecule has 0 aliphatic carbocycles. The fourth-order valence-corrected chi connectivity index (χ4v) is 3.60.